The van der Waals surface area contributed by atoms with Gasteiger partial charge in [-0.25, -0.2) is 0 Å². The van der Waals surface area contributed by atoms with E-state index in [2.05, 4.69) is 20.8 Å². The Labute approximate surface area is 361 Å². The Hall–Kier alpha value is -1.59. The molecule has 0 heterocycles. The first-order chi connectivity index (χ1) is 28.5. The van der Waals surface area contributed by atoms with Crippen LogP contribution in [0.5, 0.6) is 0 Å². The van der Waals surface area contributed by atoms with Gasteiger partial charge in [-0.15, -0.1) is 0 Å². The van der Waals surface area contributed by atoms with Crippen molar-refractivity contribution in [2.75, 3.05) is 13.2 Å². The van der Waals surface area contributed by atoms with E-state index in [1.165, 1.54) is 199 Å². The fourth-order valence-corrected chi connectivity index (χ4v) is 7.92. The van der Waals surface area contributed by atoms with Crippen molar-refractivity contribution < 1.29 is 28.6 Å². The molecule has 0 aliphatic heterocycles. The highest BCUT2D eigenvalue weighted by Crippen LogP contribution is 2.17. The maximum Gasteiger partial charge on any atom is 0.306 e. The van der Waals surface area contributed by atoms with E-state index in [-0.39, 0.29) is 31.1 Å². The highest BCUT2D eigenvalue weighted by Gasteiger charge is 2.19. The zero-order valence-corrected chi connectivity index (χ0v) is 39.3. The minimum absolute atomic E-state index is 0.0626. The molecule has 0 rings (SSSR count). The van der Waals surface area contributed by atoms with E-state index in [9.17, 15) is 14.4 Å². The highest BCUT2D eigenvalue weighted by molar-refractivity contribution is 5.71. The number of carbonyl (C=O) groups excluding carboxylic acids is 3. The van der Waals surface area contributed by atoms with Crippen LogP contribution in [0.4, 0.5) is 0 Å². The molecule has 0 saturated carbocycles. The third-order valence-corrected chi connectivity index (χ3v) is 11.9. The van der Waals surface area contributed by atoms with E-state index in [4.69, 9.17) is 14.2 Å². The molecular formula is C52H100O6. The normalized spacial score (nSPS) is 11.8. The van der Waals surface area contributed by atoms with Crippen molar-refractivity contribution in [3.63, 3.8) is 0 Å². The summed E-state index contributed by atoms with van der Waals surface area (Å²) in [5.74, 6) is -0.849. The number of ether oxygens (including phenoxy) is 3. The molecule has 0 unspecified atom stereocenters. The van der Waals surface area contributed by atoms with Gasteiger partial charge in [-0.3, -0.25) is 14.4 Å². The summed E-state index contributed by atoms with van der Waals surface area (Å²) in [6.45, 7) is 6.64. The lowest BCUT2D eigenvalue weighted by atomic mass is 10.0. The quantitative estimate of drug-likeness (QED) is 0.0346. The molecule has 58 heavy (non-hydrogen) atoms. The smallest absolute Gasteiger partial charge is 0.306 e. The van der Waals surface area contributed by atoms with Gasteiger partial charge in [0.15, 0.2) is 6.10 Å². The molecule has 0 aliphatic rings. The average Bonchev–Trinajstić information content (AvgIpc) is 3.22. The molecule has 0 aliphatic carbocycles. The molecule has 0 aromatic rings. The first-order valence-corrected chi connectivity index (χ1v) is 26.0. The molecule has 6 heteroatoms. The predicted molar refractivity (Wildman–Crippen MR) is 247 cm³/mol. The molecule has 0 amide bonds. The second-order valence-corrected chi connectivity index (χ2v) is 17.8. The molecule has 0 aromatic carbocycles. The van der Waals surface area contributed by atoms with Gasteiger partial charge in [-0.05, 0) is 19.3 Å². The fraction of sp³-hybridized carbons (Fsp3) is 0.942. The summed E-state index contributed by atoms with van der Waals surface area (Å²) >= 11 is 0. The molecule has 0 aromatic heterocycles. The number of carbonyl (C=O) groups is 3. The Kier molecular flexibility index (Phi) is 46.8. The zero-order valence-electron chi connectivity index (χ0n) is 39.3. The van der Waals surface area contributed by atoms with Gasteiger partial charge in [0.2, 0.25) is 0 Å². The Morgan fingerprint density at radius 1 is 0.276 bits per heavy atom. The molecule has 344 valence electrons. The van der Waals surface area contributed by atoms with Crippen LogP contribution in [0.2, 0.25) is 0 Å². The van der Waals surface area contributed by atoms with Gasteiger partial charge in [-0.2, -0.15) is 0 Å². The summed E-state index contributed by atoms with van der Waals surface area (Å²) in [5, 5.41) is 0. The van der Waals surface area contributed by atoms with E-state index >= 15 is 0 Å². The number of hydrogen-bond donors (Lipinski definition) is 0. The van der Waals surface area contributed by atoms with Gasteiger partial charge in [-0.1, -0.05) is 258 Å². The van der Waals surface area contributed by atoms with Crippen LogP contribution >= 0.6 is 0 Å². The molecule has 0 bridgehead atoms. The Morgan fingerprint density at radius 3 is 0.690 bits per heavy atom. The first-order valence-electron chi connectivity index (χ1n) is 26.0. The summed E-state index contributed by atoms with van der Waals surface area (Å²) in [4.78, 5) is 37.8. The van der Waals surface area contributed by atoms with Gasteiger partial charge in [0, 0.05) is 19.3 Å². The molecule has 0 fully saturated rings. The molecule has 0 saturated heterocycles. The largest absolute Gasteiger partial charge is 0.462 e. The highest BCUT2D eigenvalue weighted by atomic mass is 16.6. The van der Waals surface area contributed by atoms with Crippen LogP contribution in [0.25, 0.3) is 0 Å². The van der Waals surface area contributed by atoms with Crippen LogP contribution < -0.4 is 0 Å². The second-order valence-electron chi connectivity index (χ2n) is 17.8. The van der Waals surface area contributed by atoms with Crippen molar-refractivity contribution in [3.05, 3.63) is 0 Å². The summed E-state index contributed by atoms with van der Waals surface area (Å²) in [6.07, 6.45) is 51.1. The van der Waals surface area contributed by atoms with Gasteiger partial charge >= 0.3 is 17.9 Å². The van der Waals surface area contributed by atoms with Crippen LogP contribution in [0.1, 0.15) is 297 Å². The lowest BCUT2D eigenvalue weighted by Gasteiger charge is -2.18. The summed E-state index contributed by atoms with van der Waals surface area (Å²) < 4.78 is 16.7. The summed E-state index contributed by atoms with van der Waals surface area (Å²) in [7, 11) is 0. The van der Waals surface area contributed by atoms with Gasteiger partial charge in [0.1, 0.15) is 13.2 Å². The van der Waals surface area contributed by atoms with Crippen molar-refractivity contribution in [1.29, 1.82) is 0 Å². The monoisotopic (exact) mass is 821 g/mol. The number of unbranched alkanes of at least 4 members (excludes halogenated alkanes) is 37. The predicted octanol–water partition coefficient (Wildman–Crippen LogP) is 16.8. The van der Waals surface area contributed by atoms with Crippen molar-refractivity contribution in [1.82, 2.24) is 0 Å². The maximum atomic E-state index is 12.7. The lowest BCUT2D eigenvalue weighted by molar-refractivity contribution is -0.167. The zero-order chi connectivity index (χ0) is 42.3. The molecule has 1 atom stereocenters. The Bertz CT molecular complexity index is 859. The standard InChI is InChI=1S/C52H100O6/c1-4-7-10-13-16-18-20-22-24-25-26-27-28-30-32-34-37-39-42-45-51(54)57-48-49(58-52(55)46-43-40-35-15-12-9-6-3)47-56-50(53)44-41-38-36-33-31-29-23-21-19-17-14-11-8-5-2/h49H,4-48H2,1-3H3/t49-/m0/s1. The maximum absolute atomic E-state index is 12.7. The van der Waals surface area contributed by atoms with Crippen LogP contribution in [-0.4, -0.2) is 37.2 Å². The van der Waals surface area contributed by atoms with Crippen molar-refractivity contribution in [2.45, 2.75) is 303 Å². The summed E-state index contributed by atoms with van der Waals surface area (Å²) in [6, 6.07) is 0. The van der Waals surface area contributed by atoms with E-state index in [1.807, 2.05) is 0 Å². The van der Waals surface area contributed by atoms with Crippen molar-refractivity contribution in [3.8, 4) is 0 Å². The first kappa shape index (κ1) is 56.4. The van der Waals surface area contributed by atoms with E-state index < -0.39 is 6.10 Å². The molecule has 0 radical (unpaired) electrons. The van der Waals surface area contributed by atoms with E-state index in [0.717, 1.165) is 57.8 Å². The van der Waals surface area contributed by atoms with E-state index in [1.54, 1.807) is 0 Å². The summed E-state index contributed by atoms with van der Waals surface area (Å²) in [5.41, 5.74) is 0. The van der Waals surface area contributed by atoms with Crippen LogP contribution in [-0.2, 0) is 28.6 Å². The van der Waals surface area contributed by atoms with Gasteiger partial charge in [0.05, 0.1) is 0 Å². The third-order valence-electron chi connectivity index (χ3n) is 11.9. The van der Waals surface area contributed by atoms with Gasteiger partial charge in [0.25, 0.3) is 0 Å². The van der Waals surface area contributed by atoms with Crippen LogP contribution in [0.3, 0.4) is 0 Å². The molecule has 6 nitrogen and oxygen atoms in total. The average molecular weight is 821 g/mol. The molecule has 0 N–H and O–H groups in total. The van der Waals surface area contributed by atoms with Gasteiger partial charge < -0.3 is 14.2 Å². The van der Waals surface area contributed by atoms with E-state index in [0.29, 0.717) is 19.3 Å². The minimum atomic E-state index is -0.758. The number of rotatable bonds is 48. The molecular weight excluding hydrogens is 721 g/mol. The Balaban J connectivity index is 4.13. The third kappa shape index (κ3) is 45.5. The fourth-order valence-electron chi connectivity index (χ4n) is 7.92. The second kappa shape index (κ2) is 48.1. The topological polar surface area (TPSA) is 78.9 Å². The number of esters is 3. The number of hydrogen-bond acceptors (Lipinski definition) is 6. The minimum Gasteiger partial charge on any atom is -0.462 e. The lowest BCUT2D eigenvalue weighted by Crippen LogP contribution is -2.30. The SMILES string of the molecule is CCCCCCCCCCCCCCCCCCCCCC(=O)OC[C@H](COC(=O)CCCCCCCCCCCCCCCC)OC(=O)CCCCCCCCC. The van der Waals surface area contributed by atoms with Crippen molar-refractivity contribution >= 4 is 17.9 Å². The van der Waals surface area contributed by atoms with Crippen molar-refractivity contribution in [2.24, 2.45) is 0 Å². The Morgan fingerprint density at radius 2 is 0.466 bits per heavy atom. The van der Waals surface area contributed by atoms with Crippen LogP contribution in [0.15, 0.2) is 0 Å². The van der Waals surface area contributed by atoms with Crippen LogP contribution in [0, 0.1) is 0 Å². The molecule has 0 spiro atoms.